The highest BCUT2D eigenvalue weighted by Gasteiger charge is 2.21. The number of nitrogens with zero attached hydrogens (tertiary/aromatic N) is 2. The Balaban J connectivity index is 1.61. The Morgan fingerprint density at radius 3 is 2.10 bits per heavy atom. The van der Waals surface area contributed by atoms with Crippen LogP contribution < -0.4 is 0 Å². The van der Waals surface area contributed by atoms with Gasteiger partial charge in [-0.3, -0.25) is 4.79 Å². The Morgan fingerprint density at radius 2 is 1.45 bits per heavy atom. The van der Waals surface area contributed by atoms with E-state index < -0.39 is 30.0 Å². The Hall–Kier alpha value is -4.13. The fourth-order valence-corrected chi connectivity index (χ4v) is 2.99. The number of rotatable bonds is 6. The van der Waals surface area contributed by atoms with E-state index in [-0.39, 0.29) is 11.1 Å². The Bertz CT molecular complexity index is 1220. The molecule has 0 radical (unpaired) electrons. The number of esters is 1. The molecule has 0 bridgehead atoms. The second-order valence-corrected chi connectivity index (χ2v) is 6.68. The van der Waals surface area contributed by atoms with Crippen LogP contribution in [0, 0.1) is 11.6 Å². The van der Waals surface area contributed by atoms with Gasteiger partial charge in [-0.05, 0) is 60.7 Å². The zero-order valence-electron chi connectivity index (χ0n) is 16.2. The number of aromatic nitrogens is 2. The fourth-order valence-electron chi connectivity index (χ4n) is 2.99. The first-order valence-electron chi connectivity index (χ1n) is 9.38. The molecule has 4 aromatic rings. The average Bonchev–Trinajstić information content (AvgIpc) is 3.24. The summed E-state index contributed by atoms with van der Waals surface area (Å²) in [7, 11) is 0. The standard InChI is InChI=1S/C24H16F2N2O3/c25-18-10-6-16(7-11-18)22(29)15-31-24(30)21-14-28(20-4-2-1-3-5-20)27-23(21)17-8-12-19(26)13-9-17/h1-14H,15H2. The van der Waals surface area contributed by atoms with Crippen molar-refractivity contribution in [1.82, 2.24) is 9.78 Å². The zero-order valence-corrected chi connectivity index (χ0v) is 16.2. The van der Waals surface area contributed by atoms with Gasteiger partial charge in [0.05, 0.1) is 5.69 Å². The van der Waals surface area contributed by atoms with Gasteiger partial charge in [0.25, 0.3) is 0 Å². The van der Waals surface area contributed by atoms with Crippen LogP contribution in [0.4, 0.5) is 8.78 Å². The molecule has 0 saturated carbocycles. The number of halogens is 2. The molecule has 0 aliphatic rings. The third-order valence-corrected chi connectivity index (χ3v) is 4.57. The quantitative estimate of drug-likeness (QED) is 0.332. The minimum atomic E-state index is -0.753. The highest BCUT2D eigenvalue weighted by atomic mass is 19.1. The lowest BCUT2D eigenvalue weighted by atomic mass is 10.1. The van der Waals surface area contributed by atoms with E-state index in [1.807, 2.05) is 30.3 Å². The molecule has 0 saturated heterocycles. The van der Waals surface area contributed by atoms with Crippen LogP contribution in [0.25, 0.3) is 16.9 Å². The number of hydrogen-bond donors (Lipinski definition) is 0. The number of Topliss-reactive ketones (excluding diaryl/α,β-unsaturated/α-hetero) is 1. The first-order chi connectivity index (χ1) is 15.0. The smallest absolute Gasteiger partial charge is 0.342 e. The molecule has 31 heavy (non-hydrogen) atoms. The largest absolute Gasteiger partial charge is 0.454 e. The SMILES string of the molecule is O=C(COC(=O)c1cn(-c2ccccc2)nc1-c1ccc(F)cc1)c1ccc(F)cc1. The average molecular weight is 418 g/mol. The summed E-state index contributed by atoms with van der Waals surface area (Å²) in [4.78, 5) is 25.0. The topological polar surface area (TPSA) is 61.2 Å². The molecule has 154 valence electrons. The molecule has 0 aliphatic carbocycles. The molecule has 0 spiro atoms. The van der Waals surface area contributed by atoms with Gasteiger partial charge in [-0.25, -0.2) is 18.3 Å². The third kappa shape index (κ3) is 4.56. The van der Waals surface area contributed by atoms with E-state index in [0.29, 0.717) is 16.9 Å². The van der Waals surface area contributed by atoms with Crippen LogP contribution in [0.2, 0.25) is 0 Å². The minimum absolute atomic E-state index is 0.127. The number of hydrogen-bond acceptors (Lipinski definition) is 4. The number of benzene rings is 3. The summed E-state index contributed by atoms with van der Waals surface area (Å²) >= 11 is 0. The summed E-state index contributed by atoms with van der Waals surface area (Å²) in [5, 5.41) is 4.46. The van der Waals surface area contributed by atoms with Crippen molar-refractivity contribution in [2.24, 2.45) is 0 Å². The molecule has 0 unspecified atom stereocenters. The lowest BCUT2D eigenvalue weighted by Gasteiger charge is -2.05. The van der Waals surface area contributed by atoms with Crippen molar-refractivity contribution in [3.63, 3.8) is 0 Å². The number of ether oxygens (including phenoxy) is 1. The Morgan fingerprint density at radius 1 is 0.839 bits per heavy atom. The summed E-state index contributed by atoms with van der Waals surface area (Å²) < 4.78 is 33.1. The van der Waals surface area contributed by atoms with Crippen LogP contribution in [0.3, 0.4) is 0 Å². The van der Waals surface area contributed by atoms with Crippen LogP contribution in [-0.4, -0.2) is 28.1 Å². The van der Waals surface area contributed by atoms with Gasteiger partial charge in [-0.1, -0.05) is 18.2 Å². The molecule has 7 heteroatoms. The molecule has 1 heterocycles. The van der Waals surface area contributed by atoms with E-state index in [2.05, 4.69) is 5.10 Å². The molecule has 0 aliphatic heterocycles. The Labute approximate surface area is 176 Å². The number of ketones is 1. The van der Waals surface area contributed by atoms with Crippen molar-refractivity contribution < 1.29 is 23.1 Å². The van der Waals surface area contributed by atoms with E-state index in [0.717, 1.165) is 12.1 Å². The maximum atomic E-state index is 13.3. The van der Waals surface area contributed by atoms with Gasteiger partial charge >= 0.3 is 5.97 Å². The van der Waals surface area contributed by atoms with Crippen molar-refractivity contribution in [3.05, 3.63) is 108 Å². The first kappa shape index (κ1) is 20.2. The van der Waals surface area contributed by atoms with Gasteiger partial charge in [0, 0.05) is 17.3 Å². The molecule has 0 fully saturated rings. The highest BCUT2D eigenvalue weighted by molar-refractivity contribution is 6.01. The molecule has 0 N–H and O–H groups in total. The summed E-state index contributed by atoms with van der Waals surface area (Å²) in [6.07, 6.45) is 1.50. The third-order valence-electron chi connectivity index (χ3n) is 4.57. The lowest BCUT2D eigenvalue weighted by molar-refractivity contribution is 0.0475. The molecule has 0 amide bonds. The van der Waals surface area contributed by atoms with Crippen molar-refractivity contribution in [2.45, 2.75) is 0 Å². The fraction of sp³-hybridized carbons (Fsp3) is 0.0417. The van der Waals surface area contributed by atoms with Crippen molar-refractivity contribution in [1.29, 1.82) is 0 Å². The summed E-state index contributed by atoms with van der Waals surface area (Å²) in [5.41, 5.74) is 1.89. The molecular weight excluding hydrogens is 402 g/mol. The summed E-state index contributed by atoms with van der Waals surface area (Å²) in [6.45, 7) is -0.510. The van der Waals surface area contributed by atoms with Gasteiger partial charge in [0.2, 0.25) is 0 Å². The molecule has 3 aromatic carbocycles. The number of carbonyl (C=O) groups excluding carboxylic acids is 2. The molecule has 4 rings (SSSR count). The first-order valence-corrected chi connectivity index (χ1v) is 9.38. The van der Waals surface area contributed by atoms with Gasteiger partial charge in [-0.15, -0.1) is 0 Å². The molecule has 5 nitrogen and oxygen atoms in total. The molecular formula is C24H16F2N2O3. The van der Waals surface area contributed by atoms with E-state index >= 15 is 0 Å². The van der Waals surface area contributed by atoms with Gasteiger partial charge in [-0.2, -0.15) is 5.10 Å². The summed E-state index contributed by atoms with van der Waals surface area (Å²) in [6, 6.07) is 19.6. The van der Waals surface area contributed by atoms with Gasteiger partial charge in [0.15, 0.2) is 12.4 Å². The molecule has 1 aromatic heterocycles. The van der Waals surface area contributed by atoms with Crippen LogP contribution in [0.5, 0.6) is 0 Å². The number of carbonyl (C=O) groups is 2. The summed E-state index contributed by atoms with van der Waals surface area (Å²) in [5.74, 6) is -2.10. The van der Waals surface area contributed by atoms with Crippen LogP contribution >= 0.6 is 0 Å². The van der Waals surface area contributed by atoms with Crippen molar-refractivity contribution in [2.75, 3.05) is 6.61 Å². The van der Waals surface area contributed by atoms with Crippen molar-refractivity contribution in [3.8, 4) is 16.9 Å². The van der Waals surface area contributed by atoms with Crippen molar-refractivity contribution >= 4 is 11.8 Å². The molecule has 0 atom stereocenters. The van der Waals surface area contributed by atoms with E-state index in [1.54, 1.807) is 0 Å². The van der Waals surface area contributed by atoms with E-state index in [4.69, 9.17) is 4.74 Å². The highest BCUT2D eigenvalue weighted by Crippen LogP contribution is 2.25. The Kier molecular flexibility index (Phi) is 5.66. The van der Waals surface area contributed by atoms with Crippen LogP contribution in [0.1, 0.15) is 20.7 Å². The second-order valence-electron chi connectivity index (χ2n) is 6.68. The van der Waals surface area contributed by atoms with Crippen LogP contribution in [-0.2, 0) is 4.74 Å². The number of para-hydroxylation sites is 1. The minimum Gasteiger partial charge on any atom is -0.454 e. The normalized spacial score (nSPS) is 10.6. The maximum Gasteiger partial charge on any atom is 0.342 e. The van der Waals surface area contributed by atoms with Gasteiger partial charge in [0.1, 0.15) is 22.9 Å². The monoisotopic (exact) mass is 418 g/mol. The zero-order chi connectivity index (χ0) is 21.8. The second kappa shape index (κ2) is 8.71. The van der Waals surface area contributed by atoms with E-state index in [1.165, 1.54) is 47.3 Å². The predicted octanol–water partition coefficient (Wildman–Crippen LogP) is 4.86. The predicted molar refractivity (Wildman–Crippen MR) is 110 cm³/mol. The van der Waals surface area contributed by atoms with E-state index in [9.17, 15) is 18.4 Å². The lowest BCUT2D eigenvalue weighted by Crippen LogP contribution is -2.14. The maximum absolute atomic E-state index is 13.3. The van der Waals surface area contributed by atoms with Crippen LogP contribution in [0.15, 0.2) is 85.1 Å². The van der Waals surface area contributed by atoms with Gasteiger partial charge < -0.3 is 4.74 Å².